The second kappa shape index (κ2) is 9.01. The van der Waals surface area contributed by atoms with Gasteiger partial charge in [0.05, 0.1) is 11.4 Å². The molecule has 33 heavy (non-hydrogen) atoms. The molecule has 0 N–H and O–H groups in total. The Labute approximate surface area is 193 Å². The molecule has 3 nitrogen and oxygen atoms in total. The number of rotatable bonds is 5. The number of hydrogen-bond acceptors (Lipinski definition) is 3. The van der Waals surface area contributed by atoms with Crippen LogP contribution in [0.3, 0.4) is 0 Å². The van der Waals surface area contributed by atoms with Gasteiger partial charge in [0.2, 0.25) is 0 Å². The van der Waals surface area contributed by atoms with E-state index in [4.69, 9.17) is 9.97 Å². The normalized spacial score (nSPS) is 11.5. The van der Waals surface area contributed by atoms with Crippen LogP contribution in [0, 0.1) is 0 Å². The van der Waals surface area contributed by atoms with Crippen LogP contribution < -0.4 is 0 Å². The van der Waals surface area contributed by atoms with E-state index < -0.39 is 0 Å². The fourth-order valence-corrected chi connectivity index (χ4v) is 4.05. The molecule has 0 saturated heterocycles. The van der Waals surface area contributed by atoms with Crippen LogP contribution in [0.5, 0.6) is 0 Å². The zero-order valence-electron chi connectivity index (χ0n) is 18.4. The minimum atomic E-state index is 0.652. The standard InChI is InChI=1S/C30H23N3/c1-3-21(4-2)30-32-28(19-29(33-30)25-14-9-17-31-20-25)24-13-7-12-23(18-24)27-16-8-11-22-10-5-6-15-26(22)27/h3-20H,1H2,2H3/b21-4+. The van der Waals surface area contributed by atoms with Crippen molar-refractivity contribution in [3.8, 4) is 33.6 Å². The number of hydrogen-bond donors (Lipinski definition) is 0. The maximum Gasteiger partial charge on any atom is 0.160 e. The van der Waals surface area contributed by atoms with Crippen molar-refractivity contribution in [2.45, 2.75) is 6.92 Å². The van der Waals surface area contributed by atoms with E-state index in [-0.39, 0.29) is 0 Å². The zero-order valence-corrected chi connectivity index (χ0v) is 18.4. The minimum Gasteiger partial charge on any atom is -0.264 e. The van der Waals surface area contributed by atoms with Gasteiger partial charge in [-0.25, -0.2) is 9.97 Å². The summed E-state index contributed by atoms with van der Waals surface area (Å²) >= 11 is 0. The van der Waals surface area contributed by atoms with Crippen molar-refractivity contribution in [3.63, 3.8) is 0 Å². The molecule has 0 bridgehead atoms. The number of nitrogens with zero attached hydrogens (tertiary/aromatic N) is 3. The molecule has 0 spiro atoms. The van der Waals surface area contributed by atoms with Gasteiger partial charge in [0, 0.05) is 29.1 Å². The highest BCUT2D eigenvalue weighted by atomic mass is 14.9. The summed E-state index contributed by atoms with van der Waals surface area (Å²) < 4.78 is 0. The Bertz CT molecular complexity index is 1480. The van der Waals surface area contributed by atoms with Crippen molar-refractivity contribution >= 4 is 16.3 Å². The molecule has 5 aromatic rings. The predicted octanol–water partition coefficient (Wildman–Crippen LogP) is 7.62. The van der Waals surface area contributed by atoms with E-state index in [0.29, 0.717) is 5.82 Å². The van der Waals surface area contributed by atoms with Gasteiger partial charge < -0.3 is 0 Å². The van der Waals surface area contributed by atoms with Crippen molar-refractivity contribution in [1.29, 1.82) is 0 Å². The Morgan fingerprint density at radius 2 is 1.48 bits per heavy atom. The van der Waals surface area contributed by atoms with Crippen LogP contribution in [-0.4, -0.2) is 15.0 Å². The molecule has 2 aromatic heterocycles. The van der Waals surface area contributed by atoms with Crippen LogP contribution >= 0.6 is 0 Å². The first-order valence-corrected chi connectivity index (χ1v) is 10.9. The van der Waals surface area contributed by atoms with E-state index in [1.807, 2.05) is 37.4 Å². The molecule has 3 aromatic carbocycles. The molecule has 0 unspecified atom stereocenters. The van der Waals surface area contributed by atoms with Gasteiger partial charge in [0.25, 0.3) is 0 Å². The Hall–Kier alpha value is -4.37. The molecule has 0 aliphatic rings. The first-order chi connectivity index (χ1) is 16.3. The minimum absolute atomic E-state index is 0.652. The SMILES string of the molecule is C=C/C(=C\C)c1nc(-c2cccnc2)cc(-c2cccc(-c3cccc4ccccc34)c2)n1. The average molecular weight is 426 g/mol. The van der Waals surface area contributed by atoms with Crippen LogP contribution in [0.4, 0.5) is 0 Å². The quantitative estimate of drug-likeness (QED) is 0.272. The van der Waals surface area contributed by atoms with Gasteiger partial charge in [-0.3, -0.25) is 4.98 Å². The molecule has 3 heteroatoms. The third-order valence-corrected chi connectivity index (χ3v) is 5.73. The highest BCUT2D eigenvalue weighted by Crippen LogP contribution is 2.32. The van der Waals surface area contributed by atoms with E-state index in [0.717, 1.165) is 33.7 Å². The Morgan fingerprint density at radius 1 is 0.758 bits per heavy atom. The van der Waals surface area contributed by atoms with E-state index in [9.17, 15) is 0 Å². The molecule has 0 atom stereocenters. The Kier molecular flexibility index (Phi) is 5.61. The summed E-state index contributed by atoms with van der Waals surface area (Å²) in [6.45, 7) is 5.91. The van der Waals surface area contributed by atoms with Crippen molar-refractivity contribution in [3.05, 3.63) is 122 Å². The van der Waals surface area contributed by atoms with Crippen molar-refractivity contribution < 1.29 is 0 Å². The van der Waals surface area contributed by atoms with Gasteiger partial charge in [0.1, 0.15) is 0 Å². The monoisotopic (exact) mass is 425 g/mol. The van der Waals surface area contributed by atoms with Crippen molar-refractivity contribution in [2.75, 3.05) is 0 Å². The van der Waals surface area contributed by atoms with Crippen LogP contribution in [-0.2, 0) is 0 Å². The number of pyridine rings is 1. The fraction of sp³-hybridized carbons (Fsp3) is 0.0333. The van der Waals surface area contributed by atoms with Crippen LogP contribution in [0.15, 0.2) is 116 Å². The second-order valence-electron chi connectivity index (χ2n) is 7.76. The maximum atomic E-state index is 4.90. The number of allylic oxidation sites excluding steroid dienone is 3. The summed E-state index contributed by atoms with van der Waals surface area (Å²) in [5, 5.41) is 2.46. The van der Waals surface area contributed by atoms with Gasteiger partial charge in [-0.05, 0) is 53.1 Å². The van der Waals surface area contributed by atoms with Crippen molar-refractivity contribution in [2.24, 2.45) is 0 Å². The van der Waals surface area contributed by atoms with E-state index in [1.165, 1.54) is 16.3 Å². The van der Waals surface area contributed by atoms with E-state index >= 15 is 0 Å². The Morgan fingerprint density at radius 3 is 2.27 bits per heavy atom. The first kappa shape index (κ1) is 20.5. The lowest BCUT2D eigenvalue weighted by Gasteiger charge is -2.11. The van der Waals surface area contributed by atoms with Gasteiger partial charge in [-0.15, -0.1) is 0 Å². The second-order valence-corrected chi connectivity index (χ2v) is 7.76. The topological polar surface area (TPSA) is 38.7 Å². The molecule has 0 fully saturated rings. The maximum absolute atomic E-state index is 4.90. The largest absolute Gasteiger partial charge is 0.264 e. The summed E-state index contributed by atoms with van der Waals surface area (Å²) in [4.78, 5) is 14.0. The molecule has 0 aliphatic carbocycles. The molecule has 0 saturated carbocycles. The zero-order chi connectivity index (χ0) is 22.6. The van der Waals surface area contributed by atoms with Gasteiger partial charge in [0.15, 0.2) is 5.82 Å². The molecule has 0 radical (unpaired) electrons. The third-order valence-electron chi connectivity index (χ3n) is 5.73. The number of aromatic nitrogens is 3. The van der Waals surface area contributed by atoms with Gasteiger partial charge in [-0.1, -0.05) is 79.4 Å². The lowest BCUT2D eigenvalue weighted by atomic mass is 9.96. The van der Waals surface area contributed by atoms with E-state index in [1.54, 1.807) is 12.3 Å². The molecule has 0 aliphatic heterocycles. The fourth-order valence-electron chi connectivity index (χ4n) is 4.05. The van der Waals surface area contributed by atoms with Gasteiger partial charge in [-0.2, -0.15) is 0 Å². The van der Waals surface area contributed by atoms with Crippen LogP contribution in [0.1, 0.15) is 12.7 Å². The van der Waals surface area contributed by atoms with Gasteiger partial charge >= 0.3 is 0 Å². The summed E-state index contributed by atoms with van der Waals surface area (Å²) in [5.74, 6) is 0.652. The summed E-state index contributed by atoms with van der Waals surface area (Å²) in [5.41, 5.74) is 6.94. The summed E-state index contributed by atoms with van der Waals surface area (Å²) in [6.07, 6.45) is 7.36. The van der Waals surface area contributed by atoms with Crippen LogP contribution in [0.25, 0.3) is 50.0 Å². The molecule has 5 rings (SSSR count). The highest BCUT2D eigenvalue weighted by Gasteiger charge is 2.12. The first-order valence-electron chi connectivity index (χ1n) is 10.9. The highest BCUT2D eigenvalue weighted by molar-refractivity contribution is 5.97. The summed E-state index contributed by atoms with van der Waals surface area (Å²) in [6, 6.07) is 29.4. The smallest absolute Gasteiger partial charge is 0.160 e. The van der Waals surface area contributed by atoms with E-state index in [2.05, 4.69) is 78.3 Å². The number of fused-ring (bicyclic) bond motifs is 1. The molecular formula is C30H23N3. The molecule has 0 amide bonds. The summed E-state index contributed by atoms with van der Waals surface area (Å²) in [7, 11) is 0. The van der Waals surface area contributed by atoms with Crippen LogP contribution in [0.2, 0.25) is 0 Å². The lowest BCUT2D eigenvalue weighted by Crippen LogP contribution is -1.98. The van der Waals surface area contributed by atoms with Crippen molar-refractivity contribution in [1.82, 2.24) is 15.0 Å². The predicted molar refractivity (Wildman–Crippen MR) is 137 cm³/mol. The molecule has 158 valence electrons. The molecule has 2 heterocycles. The third kappa shape index (κ3) is 4.09. The average Bonchev–Trinajstić information content (AvgIpc) is 2.89. The lowest BCUT2D eigenvalue weighted by molar-refractivity contribution is 1.13. The Balaban J connectivity index is 1.68. The molecular weight excluding hydrogens is 402 g/mol. The number of benzene rings is 3.